The zero-order valence-corrected chi connectivity index (χ0v) is 12.6. The van der Waals surface area contributed by atoms with E-state index in [9.17, 15) is 9.59 Å². The van der Waals surface area contributed by atoms with E-state index in [4.69, 9.17) is 4.74 Å². The summed E-state index contributed by atoms with van der Waals surface area (Å²) in [5, 5.41) is 2.40. The molecule has 3 aromatic rings. The van der Waals surface area contributed by atoms with E-state index in [-0.39, 0.29) is 5.82 Å². The summed E-state index contributed by atoms with van der Waals surface area (Å²) < 4.78 is 5.54. The summed E-state index contributed by atoms with van der Waals surface area (Å²) in [6, 6.07) is 21.4. The number of aromatic amines is 1. The van der Waals surface area contributed by atoms with E-state index in [1.807, 2.05) is 60.7 Å². The van der Waals surface area contributed by atoms with Gasteiger partial charge in [0.1, 0.15) is 0 Å². The van der Waals surface area contributed by atoms with E-state index in [1.54, 1.807) is 0 Å². The third kappa shape index (κ3) is 3.86. The fraction of sp³-hybridized carbons (Fsp3) is 0.0556. The van der Waals surface area contributed by atoms with Crippen molar-refractivity contribution in [2.45, 2.75) is 6.10 Å². The fourth-order valence-corrected chi connectivity index (χ4v) is 2.21. The van der Waals surface area contributed by atoms with E-state index in [2.05, 4.69) is 21.4 Å². The van der Waals surface area contributed by atoms with Crippen LogP contribution in [0.25, 0.3) is 0 Å². The summed E-state index contributed by atoms with van der Waals surface area (Å²) in [5.74, 6) is 0.00335. The zero-order chi connectivity index (χ0) is 16.8. The summed E-state index contributed by atoms with van der Waals surface area (Å²) in [6.45, 7) is 0. The number of carbonyl (C=O) groups excluding carboxylic acids is 1. The smallest absolute Gasteiger partial charge is 0.413 e. The Bertz CT molecular complexity index is 824. The van der Waals surface area contributed by atoms with E-state index in [1.165, 1.54) is 6.20 Å². The Kier molecular flexibility index (Phi) is 4.67. The Morgan fingerprint density at radius 3 is 2.17 bits per heavy atom. The number of nitrogens with zero attached hydrogens (tertiary/aromatic N) is 1. The van der Waals surface area contributed by atoms with Crippen LogP contribution in [0.15, 0.2) is 71.7 Å². The van der Waals surface area contributed by atoms with Crippen LogP contribution >= 0.6 is 0 Å². The number of hydrogen-bond acceptors (Lipinski definition) is 4. The van der Waals surface area contributed by atoms with Crippen LogP contribution in [0, 0.1) is 6.07 Å². The molecule has 1 heterocycles. The van der Waals surface area contributed by atoms with Gasteiger partial charge in [0.25, 0.3) is 0 Å². The molecule has 2 N–H and O–H groups in total. The second-order valence-corrected chi connectivity index (χ2v) is 4.93. The monoisotopic (exact) mass is 320 g/mol. The van der Waals surface area contributed by atoms with E-state index < -0.39 is 17.9 Å². The first-order valence-corrected chi connectivity index (χ1v) is 7.27. The third-order valence-electron chi connectivity index (χ3n) is 3.27. The first-order valence-electron chi connectivity index (χ1n) is 7.27. The maximum absolute atomic E-state index is 12.2. The van der Waals surface area contributed by atoms with Gasteiger partial charge in [-0.05, 0) is 11.1 Å². The van der Waals surface area contributed by atoms with Crippen molar-refractivity contribution in [3.05, 3.63) is 94.5 Å². The lowest BCUT2D eigenvalue weighted by atomic mass is 10.0. The highest BCUT2D eigenvalue weighted by molar-refractivity contribution is 5.83. The molecule has 119 valence electrons. The summed E-state index contributed by atoms with van der Waals surface area (Å²) >= 11 is 0. The van der Waals surface area contributed by atoms with Gasteiger partial charge in [0, 0.05) is 12.3 Å². The minimum absolute atomic E-state index is 0.00335. The SMILES string of the molecule is O=C(Nc1[c]c[nH]c(=O)n1)OC(c1ccccc1)c1ccccc1. The van der Waals surface area contributed by atoms with Crippen LogP contribution in [0.4, 0.5) is 10.6 Å². The molecule has 2 aromatic carbocycles. The van der Waals surface area contributed by atoms with Crippen LogP contribution in [0.1, 0.15) is 17.2 Å². The maximum atomic E-state index is 12.2. The molecule has 1 radical (unpaired) electrons. The van der Waals surface area contributed by atoms with Gasteiger partial charge in [0.05, 0.1) is 0 Å². The van der Waals surface area contributed by atoms with Crippen molar-refractivity contribution in [2.75, 3.05) is 5.32 Å². The van der Waals surface area contributed by atoms with Crippen LogP contribution < -0.4 is 11.0 Å². The summed E-state index contributed by atoms with van der Waals surface area (Å²) in [5.41, 5.74) is 1.09. The Hall–Kier alpha value is -3.41. The number of H-pyrrole nitrogens is 1. The summed E-state index contributed by atoms with van der Waals surface area (Å²) in [6.07, 6.45) is -0.0203. The molecule has 6 heteroatoms. The average Bonchev–Trinajstić information content (AvgIpc) is 2.61. The number of benzene rings is 2. The highest BCUT2D eigenvalue weighted by Gasteiger charge is 2.19. The van der Waals surface area contributed by atoms with Gasteiger partial charge in [0.15, 0.2) is 11.9 Å². The fourth-order valence-electron chi connectivity index (χ4n) is 2.21. The number of rotatable bonds is 4. The molecule has 1 amide bonds. The second-order valence-electron chi connectivity index (χ2n) is 4.93. The predicted octanol–water partition coefficient (Wildman–Crippen LogP) is 2.91. The highest BCUT2D eigenvalue weighted by Crippen LogP contribution is 2.26. The van der Waals surface area contributed by atoms with Crippen LogP contribution in [0.3, 0.4) is 0 Å². The maximum Gasteiger partial charge on any atom is 0.413 e. The molecule has 0 aliphatic carbocycles. The third-order valence-corrected chi connectivity index (χ3v) is 3.27. The minimum atomic E-state index is -0.720. The van der Waals surface area contributed by atoms with Gasteiger partial charge >= 0.3 is 11.8 Å². The van der Waals surface area contributed by atoms with Gasteiger partial charge in [-0.25, -0.2) is 9.59 Å². The van der Waals surface area contributed by atoms with E-state index in [0.29, 0.717) is 0 Å². The highest BCUT2D eigenvalue weighted by atomic mass is 16.6. The van der Waals surface area contributed by atoms with E-state index in [0.717, 1.165) is 11.1 Å². The van der Waals surface area contributed by atoms with Crippen molar-refractivity contribution >= 4 is 11.9 Å². The van der Waals surface area contributed by atoms with Crippen LogP contribution in [0.5, 0.6) is 0 Å². The molecule has 0 saturated heterocycles. The first-order chi connectivity index (χ1) is 11.7. The molecule has 1 aromatic heterocycles. The summed E-state index contributed by atoms with van der Waals surface area (Å²) in [4.78, 5) is 29.2. The van der Waals surface area contributed by atoms with Gasteiger partial charge in [-0.3, -0.25) is 5.32 Å². The van der Waals surface area contributed by atoms with Crippen LogP contribution in [0.2, 0.25) is 0 Å². The molecule has 0 aliphatic rings. The van der Waals surface area contributed by atoms with Gasteiger partial charge in [-0.1, -0.05) is 60.7 Å². The lowest BCUT2D eigenvalue weighted by molar-refractivity contribution is 0.131. The molecule has 0 atom stereocenters. The number of aromatic nitrogens is 2. The quantitative estimate of drug-likeness (QED) is 0.774. The van der Waals surface area contributed by atoms with Crippen molar-refractivity contribution in [3.63, 3.8) is 0 Å². The number of ether oxygens (including phenoxy) is 1. The molecular formula is C18H14N3O3. The van der Waals surface area contributed by atoms with Crippen molar-refractivity contribution in [1.29, 1.82) is 0 Å². The van der Waals surface area contributed by atoms with Crippen molar-refractivity contribution in [1.82, 2.24) is 9.97 Å². The molecule has 0 spiro atoms. The van der Waals surface area contributed by atoms with Crippen molar-refractivity contribution < 1.29 is 9.53 Å². The molecule has 0 saturated carbocycles. The van der Waals surface area contributed by atoms with Gasteiger partial charge in [0.2, 0.25) is 0 Å². The number of carbonyl (C=O) groups is 1. The molecule has 24 heavy (non-hydrogen) atoms. The predicted molar refractivity (Wildman–Crippen MR) is 88.5 cm³/mol. The normalized spacial score (nSPS) is 10.4. The van der Waals surface area contributed by atoms with Crippen molar-refractivity contribution in [3.8, 4) is 0 Å². The largest absolute Gasteiger partial charge is 0.436 e. The number of anilines is 1. The van der Waals surface area contributed by atoms with Gasteiger partial charge in [-0.15, -0.1) is 0 Å². The van der Waals surface area contributed by atoms with Crippen molar-refractivity contribution in [2.24, 2.45) is 0 Å². The second kappa shape index (κ2) is 7.23. The number of hydrogen-bond donors (Lipinski definition) is 2. The molecule has 0 aliphatic heterocycles. The standard InChI is InChI=1S/C18H14N3O3/c22-17-19-12-11-15(20-17)21-18(23)24-16(13-7-3-1-4-8-13)14-9-5-2-6-10-14/h1-10,12,16H,(H2,19,20,21,22,23). The first kappa shape index (κ1) is 15.5. The lowest BCUT2D eigenvalue weighted by Gasteiger charge is -2.18. The van der Waals surface area contributed by atoms with Crippen LogP contribution in [-0.2, 0) is 4.74 Å². The molecular weight excluding hydrogens is 306 g/mol. The van der Waals surface area contributed by atoms with E-state index >= 15 is 0 Å². The average molecular weight is 320 g/mol. The molecule has 6 nitrogen and oxygen atoms in total. The number of nitrogens with one attached hydrogen (secondary N) is 2. The molecule has 0 unspecified atom stereocenters. The minimum Gasteiger partial charge on any atom is -0.436 e. The zero-order valence-electron chi connectivity index (χ0n) is 12.6. The van der Waals surface area contributed by atoms with Gasteiger partial charge in [-0.2, -0.15) is 4.98 Å². The topological polar surface area (TPSA) is 84.1 Å². The van der Waals surface area contributed by atoms with Crippen LogP contribution in [-0.4, -0.2) is 16.1 Å². The Morgan fingerprint density at radius 1 is 1.04 bits per heavy atom. The Labute approximate surface area is 138 Å². The molecule has 3 rings (SSSR count). The summed E-state index contributed by atoms with van der Waals surface area (Å²) in [7, 11) is 0. The lowest BCUT2D eigenvalue weighted by Crippen LogP contribution is -2.21. The number of amides is 1. The van der Waals surface area contributed by atoms with Gasteiger partial charge < -0.3 is 9.72 Å². The molecule has 0 fully saturated rings. The Balaban J connectivity index is 1.82. The molecule has 0 bridgehead atoms. The Morgan fingerprint density at radius 2 is 1.62 bits per heavy atom.